The molecule has 1 amide bonds. The van der Waals surface area contributed by atoms with Crippen LogP contribution in [0.4, 0.5) is 10.1 Å². The van der Waals surface area contributed by atoms with Crippen molar-refractivity contribution in [3.63, 3.8) is 0 Å². The molecule has 0 unspecified atom stereocenters. The quantitative estimate of drug-likeness (QED) is 0.739. The van der Waals surface area contributed by atoms with Crippen LogP contribution < -0.4 is 14.8 Å². The van der Waals surface area contributed by atoms with E-state index in [4.69, 9.17) is 13.9 Å². The van der Waals surface area contributed by atoms with Gasteiger partial charge in [0.1, 0.15) is 11.4 Å². The molecule has 1 heterocycles. The minimum Gasteiger partial charge on any atom is -0.493 e. The van der Waals surface area contributed by atoms with Crippen molar-refractivity contribution in [1.82, 2.24) is 0 Å². The molecule has 3 aromatic rings. The Kier molecular flexibility index (Phi) is 4.61. The van der Waals surface area contributed by atoms with Gasteiger partial charge in [-0.2, -0.15) is 0 Å². The highest BCUT2D eigenvalue weighted by Gasteiger charge is 2.18. The smallest absolute Gasteiger partial charge is 0.291 e. The molecule has 3 rings (SSSR count). The topological polar surface area (TPSA) is 60.7 Å². The van der Waals surface area contributed by atoms with Crippen LogP contribution in [0.5, 0.6) is 11.5 Å². The second-order valence-corrected chi connectivity index (χ2v) is 5.45. The van der Waals surface area contributed by atoms with Gasteiger partial charge in [-0.3, -0.25) is 4.79 Å². The number of benzene rings is 2. The minimum atomic E-state index is -0.416. The van der Waals surface area contributed by atoms with Crippen molar-refractivity contribution in [3.05, 3.63) is 53.5 Å². The van der Waals surface area contributed by atoms with E-state index in [9.17, 15) is 9.18 Å². The molecule has 0 spiro atoms. The first-order valence-electron chi connectivity index (χ1n) is 7.84. The highest BCUT2D eigenvalue weighted by molar-refractivity contribution is 6.06. The number of nitrogens with one attached hydrogen (secondary N) is 1. The Morgan fingerprint density at radius 1 is 1.20 bits per heavy atom. The van der Waals surface area contributed by atoms with Crippen molar-refractivity contribution >= 4 is 22.6 Å². The molecule has 0 aliphatic heterocycles. The van der Waals surface area contributed by atoms with Gasteiger partial charge >= 0.3 is 0 Å². The zero-order valence-electron chi connectivity index (χ0n) is 14.2. The average molecular weight is 343 g/mol. The Bertz CT molecular complexity index is 933. The molecule has 5 nitrogen and oxygen atoms in total. The predicted molar refractivity (Wildman–Crippen MR) is 93.0 cm³/mol. The maximum absolute atomic E-state index is 13.4. The SMILES string of the molecule is CCOc1ccc(NC(=O)c2oc3ccc(F)cc3c2C)cc1OC. The lowest BCUT2D eigenvalue weighted by atomic mass is 10.1. The van der Waals surface area contributed by atoms with Gasteiger partial charge in [-0.05, 0) is 44.2 Å². The summed E-state index contributed by atoms with van der Waals surface area (Å²) in [6.45, 7) is 4.11. The van der Waals surface area contributed by atoms with E-state index in [1.165, 1.54) is 25.3 Å². The lowest BCUT2D eigenvalue weighted by molar-refractivity contribution is 0.0998. The third-order valence-electron chi connectivity index (χ3n) is 3.83. The van der Waals surface area contributed by atoms with E-state index in [2.05, 4.69) is 5.32 Å². The summed E-state index contributed by atoms with van der Waals surface area (Å²) in [5, 5.41) is 3.33. The fourth-order valence-electron chi connectivity index (χ4n) is 2.62. The summed E-state index contributed by atoms with van der Waals surface area (Å²) in [6, 6.07) is 9.26. The van der Waals surface area contributed by atoms with Gasteiger partial charge in [-0.1, -0.05) is 0 Å². The van der Waals surface area contributed by atoms with E-state index in [-0.39, 0.29) is 11.6 Å². The maximum atomic E-state index is 13.4. The number of aryl methyl sites for hydroxylation is 1. The number of fused-ring (bicyclic) bond motifs is 1. The van der Waals surface area contributed by atoms with Gasteiger partial charge in [0.15, 0.2) is 17.3 Å². The number of anilines is 1. The number of hydrogen-bond acceptors (Lipinski definition) is 4. The summed E-state index contributed by atoms with van der Waals surface area (Å²) in [7, 11) is 1.53. The van der Waals surface area contributed by atoms with Crippen LogP contribution >= 0.6 is 0 Å². The molecule has 1 aromatic heterocycles. The largest absolute Gasteiger partial charge is 0.493 e. The number of carbonyl (C=O) groups excluding carboxylic acids is 1. The summed E-state index contributed by atoms with van der Waals surface area (Å²) in [6.07, 6.45) is 0. The Morgan fingerprint density at radius 3 is 2.72 bits per heavy atom. The molecular weight excluding hydrogens is 325 g/mol. The first-order valence-corrected chi connectivity index (χ1v) is 7.84. The third kappa shape index (κ3) is 3.28. The number of hydrogen-bond donors (Lipinski definition) is 1. The highest BCUT2D eigenvalue weighted by Crippen LogP contribution is 2.31. The standard InChI is InChI=1S/C19H18FNO4/c1-4-24-16-8-6-13(10-17(16)23-3)21-19(22)18-11(2)14-9-12(20)5-7-15(14)25-18/h5-10H,4H2,1-3H3,(H,21,22). The van der Waals surface area contributed by atoms with E-state index in [1.807, 2.05) is 6.92 Å². The molecule has 0 aliphatic rings. The van der Waals surface area contributed by atoms with E-state index in [0.29, 0.717) is 40.3 Å². The Labute approximate surface area is 144 Å². The van der Waals surface area contributed by atoms with E-state index < -0.39 is 5.91 Å². The Hall–Kier alpha value is -3.02. The zero-order valence-corrected chi connectivity index (χ0v) is 14.2. The third-order valence-corrected chi connectivity index (χ3v) is 3.83. The van der Waals surface area contributed by atoms with Gasteiger partial charge in [0.05, 0.1) is 13.7 Å². The van der Waals surface area contributed by atoms with Gasteiger partial charge in [0.2, 0.25) is 0 Å². The number of amides is 1. The fraction of sp³-hybridized carbons (Fsp3) is 0.211. The Morgan fingerprint density at radius 2 is 2.00 bits per heavy atom. The number of furan rings is 1. The number of methoxy groups -OCH3 is 1. The van der Waals surface area contributed by atoms with Crippen molar-refractivity contribution in [3.8, 4) is 11.5 Å². The summed E-state index contributed by atoms with van der Waals surface area (Å²) in [5.41, 5.74) is 1.59. The summed E-state index contributed by atoms with van der Waals surface area (Å²) in [5.74, 6) is 0.467. The monoisotopic (exact) mass is 343 g/mol. The summed E-state index contributed by atoms with van der Waals surface area (Å²) >= 11 is 0. The molecule has 0 fully saturated rings. The van der Waals surface area contributed by atoms with Crippen LogP contribution in [0.2, 0.25) is 0 Å². The second-order valence-electron chi connectivity index (χ2n) is 5.45. The molecule has 6 heteroatoms. The van der Waals surface area contributed by atoms with Crippen LogP contribution in [-0.4, -0.2) is 19.6 Å². The lowest BCUT2D eigenvalue weighted by Crippen LogP contribution is -2.12. The van der Waals surface area contributed by atoms with Crippen LogP contribution in [-0.2, 0) is 0 Å². The van der Waals surface area contributed by atoms with Gasteiger partial charge < -0.3 is 19.2 Å². The normalized spacial score (nSPS) is 10.7. The van der Waals surface area contributed by atoms with Gasteiger partial charge in [0, 0.05) is 22.7 Å². The number of rotatable bonds is 5. The Balaban J connectivity index is 1.88. The van der Waals surface area contributed by atoms with Gasteiger partial charge in [0.25, 0.3) is 5.91 Å². The van der Waals surface area contributed by atoms with E-state index >= 15 is 0 Å². The van der Waals surface area contributed by atoms with Crippen LogP contribution in [0.1, 0.15) is 23.0 Å². The van der Waals surface area contributed by atoms with Crippen molar-refractivity contribution in [2.75, 3.05) is 19.0 Å². The maximum Gasteiger partial charge on any atom is 0.291 e. The van der Waals surface area contributed by atoms with E-state index in [1.54, 1.807) is 25.1 Å². The summed E-state index contributed by atoms with van der Waals surface area (Å²) < 4.78 is 29.7. The zero-order chi connectivity index (χ0) is 18.0. The molecule has 2 aromatic carbocycles. The highest BCUT2D eigenvalue weighted by atomic mass is 19.1. The molecule has 0 bridgehead atoms. The molecule has 0 aliphatic carbocycles. The van der Waals surface area contributed by atoms with Crippen molar-refractivity contribution in [2.45, 2.75) is 13.8 Å². The lowest BCUT2D eigenvalue weighted by Gasteiger charge is -2.11. The predicted octanol–water partition coefficient (Wildman–Crippen LogP) is 4.54. The molecule has 25 heavy (non-hydrogen) atoms. The molecule has 0 saturated carbocycles. The molecular formula is C19H18FNO4. The average Bonchev–Trinajstić information content (AvgIpc) is 2.93. The molecule has 1 N–H and O–H groups in total. The molecule has 130 valence electrons. The first-order chi connectivity index (χ1) is 12.0. The van der Waals surface area contributed by atoms with Gasteiger partial charge in [-0.25, -0.2) is 4.39 Å². The van der Waals surface area contributed by atoms with Crippen LogP contribution in [0.25, 0.3) is 11.0 Å². The molecule has 0 saturated heterocycles. The van der Waals surface area contributed by atoms with Gasteiger partial charge in [-0.15, -0.1) is 0 Å². The van der Waals surface area contributed by atoms with Crippen molar-refractivity contribution in [2.24, 2.45) is 0 Å². The van der Waals surface area contributed by atoms with Crippen LogP contribution in [0.15, 0.2) is 40.8 Å². The molecule has 0 radical (unpaired) electrons. The van der Waals surface area contributed by atoms with Crippen molar-refractivity contribution < 1.29 is 23.1 Å². The number of ether oxygens (including phenoxy) is 2. The summed E-state index contributed by atoms with van der Waals surface area (Å²) in [4.78, 5) is 12.5. The van der Waals surface area contributed by atoms with Crippen molar-refractivity contribution in [1.29, 1.82) is 0 Å². The fourth-order valence-corrected chi connectivity index (χ4v) is 2.62. The second kappa shape index (κ2) is 6.84. The minimum absolute atomic E-state index is 0.147. The first kappa shape index (κ1) is 16.8. The van der Waals surface area contributed by atoms with Crippen LogP contribution in [0, 0.1) is 12.7 Å². The van der Waals surface area contributed by atoms with E-state index in [0.717, 1.165) is 0 Å². The molecule has 0 atom stereocenters. The number of carbonyl (C=O) groups is 1. The number of halogens is 1. The van der Waals surface area contributed by atoms with Crippen LogP contribution in [0.3, 0.4) is 0 Å².